The topological polar surface area (TPSA) is 92.2 Å². The van der Waals surface area contributed by atoms with Crippen LogP contribution in [0.3, 0.4) is 0 Å². The Morgan fingerprint density at radius 3 is 2.84 bits per heavy atom. The summed E-state index contributed by atoms with van der Waals surface area (Å²) in [6, 6.07) is 4.91. The van der Waals surface area contributed by atoms with Gasteiger partial charge >= 0.3 is 0 Å². The molecule has 0 aromatic carbocycles. The number of anilines is 1. The fraction of sp³-hybridized carbons (Fsp3) is 0.412. The van der Waals surface area contributed by atoms with E-state index >= 15 is 0 Å². The van der Waals surface area contributed by atoms with Crippen molar-refractivity contribution in [2.75, 3.05) is 19.0 Å². The molecule has 0 radical (unpaired) electrons. The van der Waals surface area contributed by atoms with Gasteiger partial charge in [-0.15, -0.1) is 0 Å². The van der Waals surface area contributed by atoms with E-state index in [1.807, 2.05) is 38.2 Å². The fourth-order valence-corrected chi connectivity index (χ4v) is 2.99. The lowest BCUT2D eigenvalue weighted by Gasteiger charge is -2.32. The number of carbonyl (C=O) groups is 2. The van der Waals surface area contributed by atoms with Crippen LogP contribution in [0, 0.1) is 0 Å². The van der Waals surface area contributed by atoms with Gasteiger partial charge < -0.3 is 15.5 Å². The molecule has 132 valence electrons. The molecule has 1 fully saturated rings. The van der Waals surface area contributed by atoms with E-state index < -0.39 is 0 Å². The van der Waals surface area contributed by atoms with E-state index in [1.165, 1.54) is 0 Å². The first-order chi connectivity index (χ1) is 12.0. The Bertz CT molecular complexity index is 785. The Morgan fingerprint density at radius 2 is 2.16 bits per heavy atom. The number of aromatic nitrogens is 3. The lowest BCUT2D eigenvalue weighted by atomic mass is 9.95. The molecule has 1 aliphatic heterocycles. The van der Waals surface area contributed by atoms with Gasteiger partial charge in [0.25, 0.3) is 5.91 Å². The van der Waals surface area contributed by atoms with Crippen LogP contribution >= 0.6 is 0 Å². The zero-order valence-electron chi connectivity index (χ0n) is 14.6. The van der Waals surface area contributed by atoms with Crippen molar-refractivity contribution in [1.82, 2.24) is 25.4 Å². The predicted octanol–water partition coefficient (Wildman–Crippen LogP) is 0.631. The van der Waals surface area contributed by atoms with Crippen LogP contribution in [0.5, 0.6) is 0 Å². The molecule has 0 bridgehead atoms. The van der Waals surface area contributed by atoms with Gasteiger partial charge in [0.05, 0.1) is 17.8 Å². The van der Waals surface area contributed by atoms with Crippen molar-refractivity contribution < 1.29 is 9.59 Å². The van der Waals surface area contributed by atoms with Gasteiger partial charge in [0.1, 0.15) is 5.69 Å². The molecule has 0 saturated carbocycles. The second kappa shape index (κ2) is 6.92. The molecular formula is C17H22N6O2. The lowest BCUT2D eigenvalue weighted by molar-refractivity contribution is -0.123. The number of carbonyl (C=O) groups excluding carboxylic acids is 2. The summed E-state index contributed by atoms with van der Waals surface area (Å²) in [5, 5.41) is 10.1. The fourth-order valence-electron chi connectivity index (χ4n) is 2.99. The molecule has 0 aliphatic carbocycles. The van der Waals surface area contributed by atoms with Crippen molar-refractivity contribution in [2.45, 2.75) is 24.9 Å². The third-order valence-electron chi connectivity index (χ3n) is 4.39. The first kappa shape index (κ1) is 16.9. The third-order valence-corrected chi connectivity index (χ3v) is 4.39. The zero-order valence-corrected chi connectivity index (χ0v) is 14.6. The Kier molecular flexibility index (Phi) is 4.69. The molecule has 8 heteroatoms. The highest BCUT2D eigenvalue weighted by molar-refractivity contribution is 5.93. The first-order valence-electron chi connectivity index (χ1n) is 8.17. The Hall–Kier alpha value is -2.90. The smallest absolute Gasteiger partial charge is 0.270 e. The molecule has 2 aromatic rings. The van der Waals surface area contributed by atoms with Gasteiger partial charge in [-0.2, -0.15) is 5.10 Å². The number of aryl methyl sites for hydroxylation is 1. The number of nitrogens with zero attached hydrogens (tertiary/aromatic N) is 4. The number of hydrogen-bond donors (Lipinski definition) is 2. The maximum Gasteiger partial charge on any atom is 0.270 e. The zero-order chi connectivity index (χ0) is 18.0. The minimum atomic E-state index is -0.310. The molecule has 2 amide bonds. The summed E-state index contributed by atoms with van der Waals surface area (Å²) in [6.45, 7) is 0. The van der Waals surface area contributed by atoms with Gasteiger partial charge in [0.15, 0.2) is 0 Å². The van der Waals surface area contributed by atoms with Crippen LogP contribution in [-0.2, 0) is 11.8 Å². The maximum atomic E-state index is 12.6. The Morgan fingerprint density at radius 1 is 1.36 bits per heavy atom. The second-order valence-corrected chi connectivity index (χ2v) is 6.34. The standard InChI is InChI=1S/C17H22N6O2/c1-22(2)11-6-8-18-13(10-11)17(25)20-12-4-5-15(24)21-16(12)14-7-9-19-23(14)3/h6-10,12,16H,4-5H2,1-3H3,(H,20,25)(H,21,24)/t12-,16-/m1/s1. The SMILES string of the molecule is CN(C)c1ccnc(C(=O)N[C@@H]2CCC(=O)N[C@H]2c2ccnn2C)c1. The van der Waals surface area contributed by atoms with Crippen molar-refractivity contribution in [3.8, 4) is 0 Å². The van der Waals surface area contributed by atoms with Crippen molar-refractivity contribution >= 4 is 17.5 Å². The van der Waals surface area contributed by atoms with E-state index in [0.717, 1.165) is 11.4 Å². The van der Waals surface area contributed by atoms with Crippen LogP contribution in [0.2, 0.25) is 0 Å². The molecular weight excluding hydrogens is 320 g/mol. The average Bonchev–Trinajstić information content (AvgIpc) is 3.02. The lowest BCUT2D eigenvalue weighted by Crippen LogP contribution is -2.50. The summed E-state index contributed by atoms with van der Waals surface area (Å²) < 4.78 is 1.71. The number of pyridine rings is 1. The summed E-state index contributed by atoms with van der Waals surface area (Å²) >= 11 is 0. The van der Waals surface area contributed by atoms with E-state index in [-0.39, 0.29) is 23.9 Å². The molecule has 2 aromatic heterocycles. The van der Waals surface area contributed by atoms with E-state index in [9.17, 15) is 9.59 Å². The van der Waals surface area contributed by atoms with E-state index in [1.54, 1.807) is 23.1 Å². The number of nitrogens with one attached hydrogen (secondary N) is 2. The molecule has 3 heterocycles. The normalized spacial score (nSPS) is 20.0. The minimum Gasteiger partial charge on any atom is -0.378 e. The molecule has 2 atom stereocenters. The van der Waals surface area contributed by atoms with Crippen molar-refractivity contribution in [3.05, 3.63) is 42.0 Å². The Labute approximate surface area is 146 Å². The summed E-state index contributed by atoms with van der Waals surface area (Å²) in [7, 11) is 5.63. The van der Waals surface area contributed by atoms with Gasteiger partial charge in [-0.1, -0.05) is 0 Å². The molecule has 0 unspecified atom stereocenters. The molecule has 1 aliphatic rings. The molecule has 25 heavy (non-hydrogen) atoms. The largest absolute Gasteiger partial charge is 0.378 e. The summed E-state index contributed by atoms with van der Waals surface area (Å²) in [5.41, 5.74) is 2.11. The van der Waals surface area contributed by atoms with Gasteiger partial charge in [0, 0.05) is 45.6 Å². The second-order valence-electron chi connectivity index (χ2n) is 6.34. The molecule has 0 spiro atoms. The third kappa shape index (κ3) is 3.62. The minimum absolute atomic E-state index is 0.0237. The number of amides is 2. The molecule has 2 N–H and O–H groups in total. The summed E-state index contributed by atoms with van der Waals surface area (Å²) in [6.07, 6.45) is 4.24. The quantitative estimate of drug-likeness (QED) is 0.850. The van der Waals surface area contributed by atoms with Crippen LogP contribution in [-0.4, -0.2) is 46.7 Å². The number of hydrogen-bond acceptors (Lipinski definition) is 5. The average molecular weight is 342 g/mol. The number of rotatable bonds is 4. The van der Waals surface area contributed by atoms with Crippen LogP contribution in [0.15, 0.2) is 30.6 Å². The van der Waals surface area contributed by atoms with E-state index in [4.69, 9.17) is 0 Å². The van der Waals surface area contributed by atoms with Crippen LogP contribution in [0.4, 0.5) is 5.69 Å². The maximum absolute atomic E-state index is 12.6. The van der Waals surface area contributed by atoms with Crippen LogP contribution in [0.25, 0.3) is 0 Å². The molecule has 1 saturated heterocycles. The van der Waals surface area contributed by atoms with Gasteiger partial charge in [-0.05, 0) is 24.6 Å². The van der Waals surface area contributed by atoms with Gasteiger partial charge in [-0.25, -0.2) is 0 Å². The van der Waals surface area contributed by atoms with Crippen molar-refractivity contribution in [3.63, 3.8) is 0 Å². The van der Waals surface area contributed by atoms with Gasteiger partial charge in [0.2, 0.25) is 5.91 Å². The van der Waals surface area contributed by atoms with E-state index in [0.29, 0.717) is 18.5 Å². The predicted molar refractivity (Wildman–Crippen MR) is 93.1 cm³/mol. The highest BCUT2D eigenvalue weighted by Gasteiger charge is 2.33. The highest BCUT2D eigenvalue weighted by Crippen LogP contribution is 2.24. The van der Waals surface area contributed by atoms with Crippen molar-refractivity contribution in [1.29, 1.82) is 0 Å². The Balaban J connectivity index is 1.80. The molecule has 8 nitrogen and oxygen atoms in total. The summed E-state index contributed by atoms with van der Waals surface area (Å²) in [4.78, 5) is 30.5. The first-order valence-corrected chi connectivity index (χ1v) is 8.17. The molecule has 3 rings (SSSR count). The number of piperidine rings is 1. The van der Waals surface area contributed by atoms with Crippen LogP contribution < -0.4 is 15.5 Å². The van der Waals surface area contributed by atoms with Gasteiger partial charge in [-0.3, -0.25) is 19.3 Å². The summed E-state index contributed by atoms with van der Waals surface area (Å²) in [5.74, 6) is -0.276. The van der Waals surface area contributed by atoms with Crippen molar-refractivity contribution in [2.24, 2.45) is 7.05 Å². The monoisotopic (exact) mass is 342 g/mol. The van der Waals surface area contributed by atoms with Crippen LogP contribution in [0.1, 0.15) is 35.1 Å². The van der Waals surface area contributed by atoms with E-state index in [2.05, 4.69) is 20.7 Å². The highest BCUT2D eigenvalue weighted by atomic mass is 16.2.